The molecule has 0 aromatic heterocycles. The van der Waals surface area contributed by atoms with E-state index in [1.54, 1.807) is 0 Å². The van der Waals surface area contributed by atoms with Gasteiger partial charge in [-0.1, -0.05) is 0 Å². The van der Waals surface area contributed by atoms with E-state index in [9.17, 15) is 19.2 Å². The molecule has 0 aromatic rings. The number of rotatable bonds is 5. The quantitative estimate of drug-likeness (QED) is 0.518. The van der Waals surface area contributed by atoms with Crippen LogP contribution in [-0.4, -0.2) is 47.2 Å². The zero-order valence-corrected chi connectivity index (χ0v) is 8.74. The van der Waals surface area contributed by atoms with Gasteiger partial charge in [-0.05, 0) is 6.92 Å². The molecule has 2 N–H and O–H groups in total. The van der Waals surface area contributed by atoms with E-state index < -0.39 is 36.8 Å². The van der Waals surface area contributed by atoms with Gasteiger partial charge in [0.2, 0.25) is 0 Å². The Balaban J connectivity index is 4.41. The third-order valence-corrected chi connectivity index (χ3v) is 1.37. The van der Waals surface area contributed by atoms with Crippen molar-refractivity contribution in [3.05, 3.63) is 0 Å². The van der Waals surface area contributed by atoms with Crippen molar-refractivity contribution < 1.29 is 43.6 Å². The lowest BCUT2D eigenvalue weighted by Gasteiger charge is -2.12. The summed E-state index contributed by atoms with van der Waals surface area (Å²) in [5.74, 6) is -2.57. The maximum absolute atomic E-state index is 11.1. The summed E-state index contributed by atoms with van der Waals surface area (Å²) >= 11 is 0. The van der Waals surface area contributed by atoms with E-state index in [-0.39, 0.29) is 6.61 Å². The third kappa shape index (κ3) is 6.84. The number of hydrogen-bond acceptors (Lipinski definition) is 7. The van der Waals surface area contributed by atoms with Crippen LogP contribution in [0.15, 0.2) is 0 Å². The first kappa shape index (κ1) is 14.8. The summed E-state index contributed by atoms with van der Waals surface area (Å²) < 4.78 is 12.2. The van der Waals surface area contributed by atoms with Crippen LogP contribution >= 0.6 is 0 Å². The lowest BCUT2D eigenvalue weighted by Crippen LogP contribution is -2.31. The molecular formula is C8H10O9. The second-order valence-electron chi connectivity index (χ2n) is 2.58. The molecule has 1 atom stereocenters. The van der Waals surface area contributed by atoms with Gasteiger partial charge in [-0.15, -0.1) is 0 Å². The van der Waals surface area contributed by atoms with Crippen molar-refractivity contribution in [1.29, 1.82) is 0 Å². The Kier molecular flexibility index (Phi) is 6.26. The smallest absolute Gasteiger partial charge is 0.449 e. The molecule has 0 spiro atoms. The Morgan fingerprint density at radius 1 is 1.06 bits per heavy atom. The molecule has 0 aliphatic heterocycles. The Labute approximate surface area is 94.9 Å². The minimum atomic E-state index is -1.86. The zero-order chi connectivity index (χ0) is 13.4. The molecule has 0 fully saturated rings. The number of carbonyl (C=O) groups excluding carboxylic acids is 2. The Bertz CT molecular complexity index is 321. The second kappa shape index (κ2) is 7.17. The molecule has 9 heteroatoms. The van der Waals surface area contributed by atoms with Gasteiger partial charge in [0.05, 0.1) is 6.42 Å². The first-order valence-electron chi connectivity index (χ1n) is 4.36. The highest BCUT2D eigenvalue weighted by molar-refractivity contribution is 5.89. The highest BCUT2D eigenvalue weighted by Crippen LogP contribution is 2.04. The van der Waals surface area contributed by atoms with Crippen molar-refractivity contribution in [3.63, 3.8) is 0 Å². The van der Waals surface area contributed by atoms with Crippen molar-refractivity contribution in [2.75, 3.05) is 6.61 Å². The highest BCUT2D eigenvalue weighted by atomic mass is 16.7. The first-order valence-corrected chi connectivity index (χ1v) is 4.36. The summed E-state index contributed by atoms with van der Waals surface area (Å²) in [5.41, 5.74) is 0. The number of hydrogen-bond donors (Lipinski definition) is 2. The van der Waals surface area contributed by atoms with Crippen molar-refractivity contribution in [2.24, 2.45) is 0 Å². The van der Waals surface area contributed by atoms with Gasteiger partial charge in [0.1, 0.15) is 0 Å². The van der Waals surface area contributed by atoms with Crippen LogP contribution in [0, 0.1) is 0 Å². The van der Waals surface area contributed by atoms with Crippen molar-refractivity contribution in [1.82, 2.24) is 0 Å². The first-order chi connectivity index (χ1) is 7.86. The van der Waals surface area contributed by atoms with Crippen LogP contribution in [0.1, 0.15) is 13.3 Å². The molecular weight excluding hydrogens is 240 g/mol. The molecule has 0 aliphatic carbocycles. The average molecular weight is 250 g/mol. The fraction of sp³-hybridized carbons (Fsp3) is 0.500. The van der Waals surface area contributed by atoms with E-state index in [2.05, 4.69) is 9.47 Å². The molecule has 9 nitrogen and oxygen atoms in total. The number of esters is 2. The van der Waals surface area contributed by atoms with E-state index in [0.29, 0.717) is 0 Å². The van der Waals surface area contributed by atoms with E-state index in [4.69, 9.17) is 14.9 Å². The van der Waals surface area contributed by atoms with Gasteiger partial charge in [-0.2, -0.15) is 0 Å². The van der Waals surface area contributed by atoms with E-state index >= 15 is 0 Å². The van der Waals surface area contributed by atoms with Crippen molar-refractivity contribution in [2.45, 2.75) is 19.4 Å². The largest absolute Gasteiger partial charge is 0.513 e. The van der Waals surface area contributed by atoms with E-state index in [0.717, 1.165) is 0 Å². The lowest BCUT2D eigenvalue weighted by molar-refractivity contribution is -0.158. The summed E-state index contributed by atoms with van der Waals surface area (Å²) in [4.78, 5) is 42.0. The van der Waals surface area contributed by atoms with Gasteiger partial charge in [-0.3, -0.25) is 4.79 Å². The summed E-state index contributed by atoms with van der Waals surface area (Å²) in [6.45, 7) is 1.49. The van der Waals surface area contributed by atoms with Crippen LogP contribution in [0.25, 0.3) is 0 Å². The van der Waals surface area contributed by atoms with Gasteiger partial charge in [0.25, 0.3) is 0 Å². The fourth-order valence-corrected chi connectivity index (χ4v) is 0.854. The topological polar surface area (TPSA) is 136 Å². The van der Waals surface area contributed by atoms with Crippen molar-refractivity contribution in [3.8, 4) is 0 Å². The monoisotopic (exact) mass is 250 g/mol. The Hall–Kier alpha value is -2.16. The zero-order valence-electron chi connectivity index (χ0n) is 8.74. The Morgan fingerprint density at radius 2 is 1.59 bits per heavy atom. The second-order valence-corrected chi connectivity index (χ2v) is 2.58. The summed E-state index contributed by atoms with van der Waals surface area (Å²) in [7, 11) is 0. The number of carboxylic acid groups (broad SMARTS) is 2. The molecule has 0 bridgehead atoms. The summed E-state index contributed by atoms with van der Waals surface area (Å²) in [6, 6.07) is 0. The number of ether oxygens (including phenoxy) is 3. The molecule has 0 saturated heterocycles. The molecule has 0 radical (unpaired) electrons. The maximum atomic E-state index is 11.1. The molecule has 0 aromatic carbocycles. The van der Waals surface area contributed by atoms with Crippen LogP contribution in [0.5, 0.6) is 0 Å². The van der Waals surface area contributed by atoms with Gasteiger partial charge in [0.15, 0.2) is 6.10 Å². The van der Waals surface area contributed by atoms with Gasteiger partial charge < -0.3 is 24.4 Å². The predicted octanol–water partition coefficient (Wildman–Crippen LogP) is 0.224. The molecule has 0 heterocycles. The Morgan fingerprint density at radius 3 is 2.00 bits per heavy atom. The minimum Gasteiger partial charge on any atom is -0.449 e. The van der Waals surface area contributed by atoms with Crippen LogP contribution in [0.2, 0.25) is 0 Å². The maximum Gasteiger partial charge on any atom is 0.513 e. The van der Waals surface area contributed by atoms with Crippen LogP contribution in [-0.2, 0) is 23.8 Å². The lowest BCUT2D eigenvalue weighted by atomic mass is 10.2. The normalized spacial score (nSPS) is 11.4. The standard InChI is InChI=1S/C8H10O9/c1-2-15-4(6(10)17-8(13)14)3-5(9)16-7(11)12/h4H,2-3H2,1H3,(H,11,12)(H,13,14). The molecule has 17 heavy (non-hydrogen) atoms. The highest BCUT2D eigenvalue weighted by Gasteiger charge is 2.27. The molecule has 0 aliphatic rings. The van der Waals surface area contributed by atoms with Crippen LogP contribution in [0.4, 0.5) is 9.59 Å². The fourth-order valence-electron chi connectivity index (χ4n) is 0.854. The van der Waals surface area contributed by atoms with Gasteiger partial charge >= 0.3 is 24.2 Å². The third-order valence-electron chi connectivity index (χ3n) is 1.37. The van der Waals surface area contributed by atoms with Crippen LogP contribution in [0.3, 0.4) is 0 Å². The van der Waals surface area contributed by atoms with E-state index in [1.165, 1.54) is 6.92 Å². The number of carbonyl (C=O) groups is 4. The predicted molar refractivity (Wildman–Crippen MR) is 48.3 cm³/mol. The molecule has 96 valence electrons. The SMILES string of the molecule is CCOC(CC(=O)OC(=O)O)C(=O)OC(=O)O. The minimum absolute atomic E-state index is 0.000261. The average Bonchev–Trinajstić information content (AvgIpc) is 2.14. The molecule has 0 amide bonds. The molecule has 1 unspecified atom stereocenters. The van der Waals surface area contributed by atoms with E-state index in [1.807, 2.05) is 0 Å². The summed E-state index contributed by atoms with van der Waals surface area (Å²) in [6.07, 6.45) is -5.97. The van der Waals surface area contributed by atoms with Crippen molar-refractivity contribution >= 4 is 24.2 Å². The van der Waals surface area contributed by atoms with Gasteiger partial charge in [-0.25, -0.2) is 14.4 Å². The molecule has 0 saturated carbocycles. The molecule has 0 rings (SSSR count). The summed E-state index contributed by atoms with van der Waals surface area (Å²) in [5, 5.41) is 16.3. The van der Waals surface area contributed by atoms with Gasteiger partial charge in [0, 0.05) is 6.61 Å². The van der Waals surface area contributed by atoms with Crippen LogP contribution < -0.4 is 0 Å².